The summed E-state index contributed by atoms with van der Waals surface area (Å²) < 4.78 is 0. The van der Waals surface area contributed by atoms with Crippen molar-refractivity contribution >= 4 is 22.2 Å². The summed E-state index contributed by atoms with van der Waals surface area (Å²) in [6.45, 7) is 0. The maximum absolute atomic E-state index is 4.11. The van der Waals surface area contributed by atoms with Crippen molar-refractivity contribution in [2.45, 2.75) is 0 Å². The number of fused-ring (bicyclic) bond motifs is 1. The zero-order chi connectivity index (χ0) is 10.1. The third kappa shape index (κ3) is 1.51. The molecule has 0 aliphatic carbocycles. The highest BCUT2D eigenvalue weighted by molar-refractivity contribution is 7.08. The molecule has 0 spiro atoms. The lowest BCUT2D eigenvalue weighted by Crippen LogP contribution is -1.82. The van der Waals surface area contributed by atoms with Gasteiger partial charge in [-0.15, -0.1) is 0 Å². The van der Waals surface area contributed by atoms with Crippen molar-refractivity contribution in [3.63, 3.8) is 0 Å². The normalized spacial score (nSPS) is 10.7. The van der Waals surface area contributed by atoms with E-state index in [0.717, 1.165) is 10.9 Å². The van der Waals surface area contributed by atoms with E-state index in [-0.39, 0.29) is 0 Å². The lowest BCUT2D eigenvalue weighted by atomic mass is 10.1. The van der Waals surface area contributed by atoms with E-state index >= 15 is 0 Å². The van der Waals surface area contributed by atoms with Crippen LogP contribution in [0.4, 0.5) is 0 Å². The highest BCUT2D eigenvalue weighted by Crippen LogP contribution is 2.24. The Morgan fingerprint density at radius 1 is 1.00 bits per heavy atom. The number of rotatable bonds is 1. The molecule has 2 nitrogen and oxygen atoms in total. The molecule has 0 fully saturated rings. The Morgan fingerprint density at radius 3 is 2.87 bits per heavy atom. The number of hydrogen-bond donors (Lipinski definition) is 0. The predicted molar refractivity (Wildman–Crippen MR) is 62.9 cm³/mol. The summed E-state index contributed by atoms with van der Waals surface area (Å²) in [6.07, 6.45) is 1.71. The minimum absolute atomic E-state index is 0.946. The maximum Gasteiger partial charge on any atom is 0.0935 e. The van der Waals surface area contributed by atoms with Gasteiger partial charge in [-0.1, -0.05) is 12.1 Å². The van der Waals surface area contributed by atoms with Gasteiger partial charge in [-0.25, -0.2) is 0 Å². The van der Waals surface area contributed by atoms with E-state index in [0.29, 0.717) is 0 Å². The minimum Gasteiger partial charge on any atom is -0.159 e. The van der Waals surface area contributed by atoms with Crippen LogP contribution in [0.1, 0.15) is 0 Å². The van der Waals surface area contributed by atoms with Crippen LogP contribution in [0.3, 0.4) is 0 Å². The fourth-order valence-electron chi connectivity index (χ4n) is 1.59. The van der Waals surface area contributed by atoms with E-state index in [2.05, 4.69) is 45.2 Å². The largest absolute Gasteiger partial charge is 0.159 e. The van der Waals surface area contributed by atoms with Gasteiger partial charge in [-0.05, 0) is 40.1 Å². The van der Waals surface area contributed by atoms with Gasteiger partial charge < -0.3 is 0 Å². The number of hydrogen-bond acceptors (Lipinski definition) is 3. The highest BCUT2D eigenvalue weighted by Gasteiger charge is 2.00. The molecule has 1 aromatic carbocycles. The first kappa shape index (κ1) is 8.56. The summed E-state index contributed by atoms with van der Waals surface area (Å²) in [4.78, 5) is 0. The van der Waals surface area contributed by atoms with Gasteiger partial charge in [0.15, 0.2) is 0 Å². The van der Waals surface area contributed by atoms with Crippen molar-refractivity contribution in [1.82, 2.24) is 10.2 Å². The van der Waals surface area contributed by atoms with Gasteiger partial charge in [0.05, 0.1) is 11.7 Å². The van der Waals surface area contributed by atoms with Crippen molar-refractivity contribution in [1.29, 1.82) is 0 Å². The van der Waals surface area contributed by atoms with Crippen molar-refractivity contribution < 1.29 is 0 Å². The minimum atomic E-state index is 0.946. The fourth-order valence-corrected chi connectivity index (χ4v) is 2.25. The van der Waals surface area contributed by atoms with E-state index in [4.69, 9.17) is 0 Å². The van der Waals surface area contributed by atoms with Gasteiger partial charge >= 0.3 is 0 Å². The smallest absolute Gasteiger partial charge is 0.0935 e. The van der Waals surface area contributed by atoms with E-state index in [9.17, 15) is 0 Å². The molecule has 0 saturated heterocycles. The average molecular weight is 212 g/mol. The number of thiophene rings is 1. The molecule has 3 rings (SSSR count). The molecule has 0 radical (unpaired) electrons. The van der Waals surface area contributed by atoms with Crippen molar-refractivity contribution in [3.05, 3.63) is 47.3 Å². The van der Waals surface area contributed by atoms with Crippen LogP contribution in [-0.2, 0) is 0 Å². The summed E-state index contributed by atoms with van der Waals surface area (Å²) in [5, 5.41) is 13.3. The van der Waals surface area contributed by atoms with Crippen molar-refractivity contribution in [2.24, 2.45) is 0 Å². The van der Waals surface area contributed by atoms with Crippen LogP contribution in [0.15, 0.2) is 47.3 Å². The van der Waals surface area contributed by atoms with Crippen LogP contribution < -0.4 is 0 Å². The van der Waals surface area contributed by atoms with Crippen molar-refractivity contribution in [3.8, 4) is 11.1 Å². The fraction of sp³-hybridized carbons (Fsp3) is 0. The van der Waals surface area contributed by atoms with Gasteiger partial charge in [0.25, 0.3) is 0 Å². The second-order valence-corrected chi connectivity index (χ2v) is 4.10. The SMILES string of the molecule is c1cc2ccc(-c3ccsc3)cc2nn1. The Labute approximate surface area is 91.2 Å². The molecule has 2 aromatic heterocycles. The Balaban J connectivity index is 2.22. The summed E-state index contributed by atoms with van der Waals surface area (Å²) in [5.74, 6) is 0. The van der Waals surface area contributed by atoms with Crippen LogP contribution in [-0.4, -0.2) is 10.2 Å². The number of nitrogens with zero attached hydrogens (tertiary/aromatic N) is 2. The Morgan fingerprint density at radius 2 is 2.00 bits per heavy atom. The maximum atomic E-state index is 4.11. The van der Waals surface area contributed by atoms with Crippen molar-refractivity contribution in [2.75, 3.05) is 0 Å². The predicted octanol–water partition coefficient (Wildman–Crippen LogP) is 3.36. The standard InChI is InChI=1S/C12H8N2S/c1-2-10(11-4-6-15-8-11)7-12-9(1)3-5-13-14-12/h1-8H. The van der Waals surface area contributed by atoms with Crippen LogP contribution in [0.2, 0.25) is 0 Å². The van der Waals surface area contributed by atoms with E-state index in [1.54, 1.807) is 17.5 Å². The Hall–Kier alpha value is -1.74. The molecule has 2 heterocycles. The molecule has 0 atom stereocenters. The quantitative estimate of drug-likeness (QED) is 0.618. The molecule has 15 heavy (non-hydrogen) atoms. The first-order chi connectivity index (χ1) is 7.43. The third-order valence-electron chi connectivity index (χ3n) is 2.37. The molecule has 0 N–H and O–H groups in total. The van der Waals surface area contributed by atoms with E-state index in [1.165, 1.54) is 11.1 Å². The van der Waals surface area contributed by atoms with Crippen LogP contribution in [0.25, 0.3) is 22.0 Å². The van der Waals surface area contributed by atoms with Gasteiger partial charge in [-0.2, -0.15) is 21.5 Å². The van der Waals surface area contributed by atoms with Crippen LogP contribution in [0, 0.1) is 0 Å². The first-order valence-electron chi connectivity index (χ1n) is 4.67. The average Bonchev–Trinajstić information content (AvgIpc) is 2.82. The Kier molecular flexibility index (Phi) is 1.96. The molecular weight excluding hydrogens is 204 g/mol. The molecule has 0 bridgehead atoms. The van der Waals surface area contributed by atoms with Gasteiger partial charge in [-0.3, -0.25) is 0 Å². The highest BCUT2D eigenvalue weighted by atomic mass is 32.1. The topological polar surface area (TPSA) is 25.8 Å². The van der Waals surface area contributed by atoms with Gasteiger partial charge in [0.2, 0.25) is 0 Å². The molecule has 0 saturated carbocycles. The lowest BCUT2D eigenvalue weighted by Gasteiger charge is -1.99. The zero-order valence-corrected chi connectivity index (χ0v) is 8.74. The first-order valence-corrected chi connectivity index (χ1v) is 5.62. The molecular formula is C12H8N2S. The molecule has 0 aliphatic rings. The number of benzene rings is 1. The molecule has 3 aromatic rings. The number of aromatic nitrogens is 2. The van der Waals surface area contributed by atoms with Gasteiger partial charge in [0.1, 0.15) is 0 Å². The second-order valence-electron chi connectivity index (χ2n) is 3.32. The molecule has 3 heteroatoms. The Bertz CT molecular complexity index is 587. The second kappa shape index (κ2) is 3.44. The molecule has 0 aliphatic heterocycles. The van der Waals surface area contributed by atoms with Crippen LogP contribution >= 0.6 is 11.3 Å². The summed E-state index contributed by atoms with van der Waals surface area (Å²) in [7, 11) is 0. The lowest BCUT2D eigenvalue weighted by molar-refractivity contribution is 1.08. The van der Waals surface area contributed by atoms with Gasteiger partial charge in [0, 0.05) is 5.39 Å². The third-order valence-corrected chi connectivity index (χ3v) is 3.05. The molecule has 0 unspecified atom stereocenters. The van der Waals surface area contributed by atoms with E-state index in [1.807, 2.05) is 6.07 Å². The molecule has 0 amide bonds. The summed E-state index contributed by atoms with van der Waals surface area (Å²) >= 11 is 1.70. The monoisotopic (exact) mass is 212 g/mol. The summed E-state index contributed by atoms with van der Waals surface area (Å²) in [5.41, 5.74) is 3.39. The van der Waals surface area contributed by atoms with E-state index < -0.39 is 0 Å². The van der Waals surface area contributed by atoms with Crippen LogP contribution in [0.5, 0.6) is 0 Å². The summed E-state index contributed by atoms with van der Waals surface area (Å²) in [6, 6.07) is 10.4. The molecule has 72 valence electrons. The zero-order valence-electron chi connectivity index (χ0n) is 7.92.